The number of nitrogens with zero attached hydrogens (tertiary/aromatic N) is 2. The SMILES string of the molecule is C=CCN1C(=O)NC(=O)C(=Cc2cccc([N+](=O)[O-])c2)C1=O. The van der Waals surface area contributed by atoms with Gasteiger partial charge in [0.2, 0.25) is 0 Å². The zero-order chi connectivity index (χ0) is 16.3. The van der Waals surface area contributed by atoms with E-state index in [1.165, 1.54) is 36.4 Å². The van der Waals surface area contributed by atoms with Gasteiger partial charge in [-0.15, -0.1) is 6.58 Å². The van der Waals surface area contributed by atoms with Gasteiger partial charge in [0.15, 0.2) is 0 Å². The summed E-state index contributed by atoms with van der Waals surface area (Å²) >= 11 is 0. The number of hydrogen-bond donors (Lipinski definition) is 1. The highest BCUT2D eigenvalue weighted by atomic mass is 16.6. The maximum absolute atomic E-state index is 12.2. The molecule has 8 nitrogen and oxygen atoms in total. The lowest BCUT2D eigenvalue weighted by Crippen LogP contribution is -2.54. The third-order valence-electron chi connectivity index (χ3n) is 2.89. The minimum absolute atomic E-state index is 0.0514. The van der Waals surface area contributed by atoms with Crippen molar-refractivity contribution in [3.8, 4) is 0 Å². The molecule has 0 radical (unpaired) electrons. The fourth-order valence-corrected chi connectivity index (χ4v) is 1.88. The number of non-ortho nitro benzene ring substituents is 1. The molecule has 112 valence electrons. The summed E-state index contributed by atoms with van der Waals surface area (Å²) in [5.41, 5.74) is -0.139. The second-order valence-electron chi connectivity index (χ2n) is 4.37. The number of carbonyl (C=O) groups excluding carboxylic acids is 3. The van der Waals surface area contributed by atoms with Gasteiger partial charge in [-0.3, -0.25) is 29.9 Å². The molecule has 0 atom stereocenters. The molecule has 1 aromatic rings. The van der Waals surface area contributed by atoms with E-state index in [4.69, 9.17) is 0 Å². The number of hydrogen-bond acceptors (Lipinski definition) is 5. The average Bonchev–Trinajstić information content (AvgIpc) is 2.48. The zero-order valence-corrected chi connectivity index (χ0v) is 11.3. The van der Waals surface area contributed by atoms with Gasteiger partial charge in [-0.2, -0.15) is 0 Å². The lowest BCUT2D eigenvalue weighted by atomic mass is 10.1. The summed E-state index contributed by atoms with van der Waals surface area (Å²) in [4.78, 5) is 46.5. The monoisotopic (exact) mass is 301 g/mol. The Morgan fingerprint density at radius 3 is 2.68 bits per heavy atom. The Bertz CT molecular complexity index is 723. The average molecular weight is 301 g/mol. The van der Waals surface area contributed by atoms with Gasteiger partial charge in [-0.05, 0) is 11.6 Å². The van der Waals surface area contributed by atoms with E-state index in [9.17, 15) is 24.5 Å². The second kappa shape index (κ2) is 6.00. The third kappa shape index (κ3) is 2.90. The van der Waals surface area contributed by atoms with Gasteiger partial charge in [0.05, 0.1) is 4.92 Å². The van der Waals surface area contributed by atoms with Crippen LogP contribution in [0.4, 0.5) is 10.5 Å². The first-order chi connectivity index (χ1) is 10.4. The summed E-state index contributed by atoms with van der Waals surface area (Å²) in [7, 11) is 0. The summed E-state index contributed by atoms with van der Waals surface area (Å²) in [6.45, 7) is 3.38. The van der Waals surface area contributed by atoms with Crippen molar-refractivity contribution >= 4 is 29.6 Å². The first kappa shape index (κ1) is 15.1. The Morgan fingerprint density at radius 2 is 2.05 bits per heavy atom. The molecule has 0 saturated carbocycles. The number of benzene rings is 1. The quantitative estimate of drug-likeness (QED) is 0.296. The number of nitro groups is 1. The van der Waals surface area contributed by atoms with Crippen LogP contribution in [0.1, 0.15) is 5.56 Å². The van der Waals surface area contributed by atoms with Crippen LogP contribution in [0.5, 0.6) is 0 Å². The van der Waals surface area contributed by atoms with Gasteiger partial charge >= 0.3 is 6.03 Å². The molecule has 0 spiro atoms. The molecule has 1 aliphatic rings. The van der Waals surface area contributed by atoms with Gasteiger partial charge in [-0.1, -0.05) is 18.2 Å². The van der Waals surface area contributed by atoms with Crippen LogP contribution in [0, 0.1) is 10.1 Å². The van der Waals surface area contributed by atoms with E-state index < -0.39 is 22.8 Å². The normalized spacial score (nSPS) is 16.6. The van der Waals surface area contributed by atoms with Crippen molar-refractivity contribution in [1.82, 2.24) is 10.2 Å². The number of rotatable bonds is 4. The first-order valence-corrected chi connectivity index (χ1v) is 6.18. The van der Waals surface area contributed by atoms with E-state index in [0.29, 0.717) is 5.56 Å². The van der Waals surface area contributed by atoms with E-state index >= 15 is 0 Å². The van der Waals surface area contributed by atoms with Gasteiger partial charge < -0.3 is 0 Å². The molecule has 2 rings (SSSR count). The van der Waals surface area contributed by atoms with Crippen molar-refractivity contribution in [3.63, 3.8) is 0 Å². The minimum Gasteiger partial charge on any atom is -0.273 e. The number of imide groups is 2. The summed E-state index contributed by atoms with van der Waals surface area (Å²) < 4.78 is 0. The largest absolute Gasteiger partial charge is 0.331 e. The van der Waals surface area contributed by atoms with Crippen molar-refractivity contribution in [3.05, 3.63) is 58.2 Å². The molecule has 0 aliphatic carbocycles. The smallest absolute Gasteiger partial charge is 0.273 e. The Labute approximate surface area is 124 Å². The fraction of sp³-hybridized carbons (Fsp3) is 0.0714. The van der Waals surface area contributed by atoms with Gasteiger partial charge in [0, 0.05) is 18.7 Å². The molecule has 0 unspecified atom stereocenters. The van der Waals surface area contributed by atoms with Crippen molar-refractivity contribution < 1.29 is 19.3 Å². The van der Waals surface area contributed by atoms with Gasteiger partial charge in [0.25, 0.3) is 17.5 Å². The Morgan fingerprint density at radius 1 is 1.32 bits per heavy atom. The first-order valence-electron chi connectivity index (χ1n) is 6.18. The topological polar surface area (TPSA) is 110 Å². The maximum atomic E-state index is 12.2. The number of carbonyl (C=O) groups is 3. The van der Waals surface area contributed by atoms with Crippen LogP contribution >= 0.6 is 0 Å². The Kier molecular flexibility index (Phi) is 4.12. The van der Waals surface area contributed by atoms with Crippen LogP contribution in [0.15, 0.2) is 42.5 Å². The molecule has 1 heterocycles. The predicted molar refractivity (Wildman–Crippen MR) is 76.5 cm³/mol. The summed E-state index contributed by atoms with van der Waals surface area (Å²) in [6.07, 6.45) is 2.55. The molecular formula is C14H11N3O5. The number of nitrogens with one attached hydrogen (secondary N) is 1. The van der Waals surface area contributed by atoms with E-state index in [0.717, 1.165) is 4.90 Å². The second-order valence-corrected chi connectivity index (χ2v) is 4.37. The molecule has 1 aliphatic heterocycles. The number of urea groups is 1. The summed E-state index contributed by atoms with van der Waals surface area (Å²) in [6, 6.07) is 4.63. The molecule has 1 N–H and O–H groups in total. The van der Waals surface area contributed by atoms with E-state index in [1.54, 1.807) is 0 Å². The van der Waals surface area contributed by atoms with E-state index in [-0.39, 0.29) is 17.8 Å². The van der Waals surface area contributed by atoms with Gasteiger partial charge in [0.1, 0.15) is 5.57 Å². The van der Waals surface area contributed by atoms with Gasteiger partial charge in [-0.25, -0.2) is 4.79 Å². The molecule has 0 aromatic heterocycles. The van der Waals surface area contributed by atoms with Crippen LogP contribution in [0.3, 0.4) is 0 Å². The van der Waals surface area contributed by atoms with Crippen molar-refractivity contribution in [2.45, 2.75) is 0 Å². The minimum atomic E-state index is -0.846. The molecule has 1 fully saturated rings. The fourth-order valence-electron chi connectivity index (χ4n) is 1.88. The maximum Gasteiger partial charge on any atom is 0.331 e. The number of barbiturate groups is 1. The predicted octanol–water partition coefficient (Wildman–Crippen LogP) is 1.24. The molecular weight excluding hydrogens is 290 g/mol. The highest BCUT2D eigenvalue weighted by Crippen LogP contribution is 2.18. The molecule has 8 heteroatoms. The molecule has 1 aromatic carbocycles. The van der Waals surface area contributed by atoms with Crippen molar-refractivity contribution in [2.24, 2.45) is 0 Å². The van der Waals surface area contributed by atoms with Crippen molar-refractivity contribution in [2.75, 3.05) is 6.54 Å². The van der Waals surface area contributed by atoms with Crippen LogP contribution in [0.25, 0.3) is 6.08 Å². The molecule has 1 saturated heterocycles. The van der Waals surface area contributed by atoms with Crippen LogP contribution in [-0.4, -0.2) is 34.2 Å². The number of nitro benzene ring substituents is 1. The van der Waals surface area contributed by atoms with Crippen molar-refractivity contribution in [1.29, 1.82) is 0 Å². The molecule has 0 bridgehead atoms. The third-order valence-corrected chi connectivity index (χ3v) is 2.89. The number of amides is 4. The van der Waals surface area contributed by atoms with E-state index in [1.807, 2.05) is 5.32 Å². The van der Waals surface area contributed by atoms with E-state index in [2.05, 4.69) is 6.58 Å². The summed E-state index contributed by atoms with van der Waals surface area (Å²) in [5.74, 6) is -1.62. The highest BCUT2D eigenvalue weighted by molar-refractivity contribution is 6.31. The zero-order valence-electron chi connectivity index (χ0n) is 11.3. The lowest BCUT2D eigenvalue weighted by molar-refractivity contribution is -0.384. The Hall–Kier alpha value is -3.29. The Balaban J connectivity index is 2.40. The van der Waals surface area contributed by atoms with Crippen LogP contribution < -0.4 is 5.32 Å². The highest BCUT2D eigenvalue weighted by Gasteiger charge is 2.34. The van der Waals surface area contributed by atoms with Crippen LogP contribution in [0.2, 0.25) is 0 Å². The van der Waals surface area contributed by atoms with Crippen LogP contribution in [-0.2, 0) is 9.59 Å². The standard InChI is InChI=1S/C14H11N3O5/c1-2-6-16-13(19)11(12(18)15-14(16)20)8-9-4-3-5-10(7-9)17(21)22/h2-5,7-8H,1,6H2,(H,15,18,20). The molecule has 4 amide bonds. The lowest BCUT2D eigenvalue weighted by Gasteiger charge is -2.25. The molecule has 22 heavy (non-hydrogen) atoms. The summed E-state index contributed by atoms with van der Waals surface area (Å²) in [5, 5.41) is 12.8.